The molecule has 5 rings (SSSR count). The van der Waals surface area contributed by atoms with Crippen LogP contribution in [-0.2, 0) is 13.2 Å². The summed E-state index contributed by atoms with van der Waals surface area (Å²) < 4.78 is 50.4. The minimum Gasteiger partial charge on any atom is -0.497 e. The van der Waals surface area contributed by atoms with Crippen molar-refractivity contribution in [2.75, 3.05) is 26.7 Å². The number of alkyl halides is 3. The lowest BCUT2D eigenvalue weighted by molar-refractivity contribution is -0.143. The lowest BCUT2D eigenvalue weighted by atomic mass is 10.0. The summed E-state index contributed by atoms with van der Waals surface area (Å²) in [4.78, 5) is 21.9. The summed E-state index contributed by atoms with van der Waals surface area (Å²) in [6.45, 7) is 8.76. The highest BCUT2D eigenvalue weighted by atomic mass is 19.4. The SMILES string of the molecule is C=C(c1ccn(C)n1)N1CCN(C(=O)c2cnn3c(C(F)(F)F)c(C)c(-c4ccc(OC)cc4)nc23)[C@H](C)C1. The molecule has 204 valence electrons. The van der Waals surface area contributed by atoms with Crippen molar-refractivity contribution in [1.82, 2.24) is 34.2 Å². The van der Waals surface area contributed by atoms with Gasteiger partial charge in [-0.25, -0.2) is 9.50 Å². The van der Waals surface area contributed by atoms with E-state index in [-0.39, 0.29) is 28.5 Å². The van der Waals surface area contributed by atoms with Crippen LogP contribution in [0.25, 0.3) is 22.6 Å². The molecule has 4 heterocycles. The van der Waals surface area contributed by atoms with E-state index in [9.17, 15) is 18.0 Å². The van der Waals surface area contributed by atoms with E-state index in [1.165, 1.54) is 20.2 Å². The molecule has 0 N–H and O–H groups in total. The van der Waals surface area contributed by atoms with E-state index in [4.69, 9.17) is 4.74 Å². The quantitative estimate of drug-likeness (QED) is 0.377. The number of hydrogen-bond acceptors (Lipinski definition) is 6. The zero-order valence-corrected chi connectivity index (χ0v) is 22.0. The van der Waals surface area contributed by atoms with Crippen LogP contribution in [0.15, 0.2) is 49.3 Å². The number of benzene rings is 1. The highest BCUT2D eigenvalue weighted by Gasteiger charge is 2.39. The van der Waals surface area contributed by atoms with E-state index in [0.29, 0.717) is 30.9 Å². The number of carbonyl (C=O) groups excluding carboxylic acids is 1. The third kappa shape index (κ3) is 4.70. The van der Waals surface area contributed by atoms with Gasteiger partial charge in [0.25, 0.3) is 5.91 Å². The maximum atomic E-state index is 14.3. The van der Waals surface area contributed by atoms with Crippen molar-refractivity contribution in [2.24, 2.45) is 7.05 Å². The molecule has 1 aliphatic heterocycles. The lowest BCUT2D eigenvalue weighted by Gasteiger charge is -2.41. The number of rotatable bonds is 5. The molecular formula is C27H28F3N7O2. The van der Waals surface area contributed by atoms with Crippen LogP contribution in [0.2, 0.25) is 0 Å². The number of amides is 1. The lowest BCUT2D eigenvalue weighted by Crippen LogP contribution is -2.53. The topological polar surface area (TPSA) is 80.8 Å². The van der Waals surface area contributed by atoms with Crippen molar-refractivity contribution in [2.45, 2.75) is 26.1 Å². The molecule has 9 nitrogen and oxygen atoms in total. The third-order valence-corrected chi connectivity index (χ3v) is 7.03. The Balaban J connectivity index is 1.50. The van der Waals surface area contributed by atoms with Gasteiger partial charge in [0, 0.05) is 50.0 Å². The molecule has 4 aromatic rings. The second kappa shape index (κ2) is 9.75. The summed E-state index contributed by atoms with van der Waals surface area (Å²) >= 11 is 0. The highest BCUT2D eigenvalue weighted by Crippen LogP contribution is 2.37. The van der Waals surface area contributed by atoms with Crippen molar-refractivity contribution >= 4 is 17.3 Å². The predicted molar refractivity (Wildman–Crippen MR) is 139 cm³/mol. The van der Waals surface area contributed by atoms with Crippen LogP contribution in [0, 0.1) is 6.92 Å². The van der Waals surface area contributed by atoms with Crippen LogP contribution in [0.5, 0.6) is 5.75 Å². The summed E-state index contributed by atoms with van der Waals surface area (Å²) in [5.74, 6) is 0.137. The Morgan fingerprint density at radius 1 is 1.15 bits per heavy atom. The Morgan fingerprint density at radius 2 is 1.87 bits per heavy atom. The third-order valence-electron chi connectivity index (χ3n) is 7.03. The van der Waals surface area contributed by atoms with Gasteiger partial charge in [0.05, 0.1) is 24.7 Å². The van der Waals surface area contributed by atoms with Gasteiger partial charge >= 0.3 is 6.18 Å². The van der Waals surface area contributed by atoms with Crippen LogP contribution in [0.1, 0.15) is 34.2 Å². The first kappa shape index (κ1) is 26.3. The van der Waals surface area contributed by atoms with Crippen molar-refractivity contribution in [3.63, 3.8) is 0 Å². The maximum absolute atomic E-state index is 14.3. The van der Waals surface area contributed by atoms with Crippen LogP contribution < -0.4 is 4.74 Å². The van der Waals surface area contributed by atoms with Gasteiger partial charge in [-0.05, 0) is 44.2 Å². The van der Waals surface area contributed by atoms with E-state index in [0.717, 1.165) is 15.9 Å². The fourth-order valence-electron chi connectivity index (χ4n) is 4.98. The number of aryl methyl sites for hydroxylation is 1. The van der Waals surface area contributed by atoms with Crippen LogP contribution >= 0.6 is 0 Å². The first-order chi connectivity index (χ1) is 18.5. The molecule has 1 fully saturated rings. The summed E-state index contributed by atoms with van der Waals surface area (Å²) in [6.07, 6.45) is -1.72. The van der Waals surface area contributed by atoms with Crippen LogP contribution in [0.3, 0.4) is 0 Å². The van der Waals surface area contributed by atoms with E-state index in [1.807, 2.05) is 26.2 Å². The number of piperazine rings is 1. The largest absolute Gasteiger partial charge is 0.497 e. The molecule has 12 heteroatoms. The molecule has 39 heavy (non-hydrogen) atoms. The van der Waals surface area contributed by atoms with Crippen molar-refractivity contribution in [3.8, 4) is 17.0 Å². The van der Waals surface area contributed by atoms with E-state index < -0.39 is 17.8 Å². The standard InChI is InChI=1S/C27H28F3N7O2/c1-16-15-35(18(3)22-10-11-34(4)33-22)12-13-36(16)26(38)21-14-31-37-24(27(28,29)30)17(2)23(32-25(21)37)19-6-8-20(39-5)9-7-19/h6-11,14,16H,3,12-13,15H2,1-2,4-5H3/t16-/m1/s1. The Hall–Kier alpha value is -4.35. The second-order valence-corrected chi connectivity index (χ2v) is 9.57. The first-order valence-electron chi connectivity index (χ1n) is 12.3. The smallest absolute Gasteiger partial charge is 0.433 e. The summed E-state index contributed by atoms with van der Waals surface area (Å²) in [5.41, 5.74) is 0.904. The van der Waals surface area contributed by atoms with Gasteiger partial charge < -0.3 is 14.5 Å². The van der Waals surface area contributed by atoms with Crippen LogP contribution in [0.4, 0.5) is 13.2 Å². The fourth-order valence-corrected chi connectivity index (χ4v) is 4.98. The highest BCUT2D eigenvalue weighted by molar-refractivity contribution is 6.00. The molecule has 1 atom stereocenters. The predicted octanol–water partition coefficient (Wildman–Crippen LogP) is 4.28. The maximum Gasteiger partial charge on any atom is 0.433 e. The van der Waals surface area contributed by atoms with Crippen molar-refractivity contribution in [1.29, 1.82) is 0 Å². The Morgan fingerprint density at radius 3 is 2.46 bits per heavy atom. The van der Waals surface area contributed by atoms with Gasteiger partial charge in [-0.3, -0.25) is 9.48 Å². The molecule has 0 spiro atoms. The van der Waals surface area contributed by atoms with Crippen molar-refractivity contribution in [3.05, 3.63) is 71.8 Å². The molecule has 0 aliphatic carbocycles. The molecule has 1 aliphatic rings. The zero-order chi connectivity index (χ0) is 28.1. The molecular weight excluding hydrogens is 511 g/mol. The fraction of sp³-hybridized carbons (Fsp3) is 0.333. The number of aromatic nitrogens is 5. The second-order valence-electron chi connectivity index (χ2n) is 9.57. The molecule has 3 aromatic heterocycles. The number of ether oxygens (including phenoxy) is 1. The minimum absolute atomic E-state index is 0.0131. The normalized spacial score (nSPS) is 16.1. The molecule has 0 bridgehead atoms. The average Bonchev–Trinajstić information content (AvgIpc) is 3.52. The molecule has 0 unspecified atom stereocenters. The van der Waals surface area contributed by atoms with E-state index in [1.54, 1.807) is 33.8 Å². The van der Waals surface area contributed by atoms with Crippen molar-refractivity contribution < 1.29 is 22.7 Å². The summed E-state index contributed by atoms with van der Waals surface area (Å²) in [7, 11) is 3.33. The zero-order valence-electron chi connectivity index (χ0n) is 22.0. The van der Waals surface area contributed by atoms with Gasteiger partial charge in [-0.15, -0.1) is 0 Å². The minimum atomic E-state index is -4.72. The molecule has 0 saturated carbocycles. The van der Waals surface area contributed by atoms with Crippen LogP contribution in [-0.4, -0.2) is 72.9 Å². The number of carbonyl (C=O) groups is 1. The number of methoxy groups -OCH3 is 1. The van der Waals surface area contributed by atoms with Gasteiger partial charge in [-0.2, -0.15) is 23.4 Å². The monoisotopic (exact) mass is 539 g/mol. The number of halogens is 3. The first-order valence-corrected chi connectivity index (χ1v) is 12.3. The molecule has 1 aromatic carbocycles. The van der Waals surface area contributed by atoms with E-state index >= 15 is 0 Å². The Bertz CT molecular complexity index is 1560. The van der Waals surface area contributed by atoms with E-state index in [2.05, 4.69) is 26.7 Å². The van der Waals surface area contributed by atoms with Gasteiger partial charge in [0.1, 0.15) is 17.0 Å². The Kier molecular flexibility index (Phi) is 6.57. The number of hydrogen-bond donors (Lipinski definition) is 0. The Labute approximate surface area is 223 Å². The average molecular weight is 540 g/mol. The summed E-state index contributed by atoms with van der Waals surface area (Å²) in [6, 6.07) is 8.20. The molecule has 1 amide bonds. The molecule has 0 radical (unpaired) electrons. The number of nitrogens with zero attached hydrogens (tertiary/aromatic N) is 7. The molecule has 1 saturated heterocycles. The summed E-state index contributed by atoms with van der Waals surface area (Å²) in [5, 5.41) is 8.36. The van der Waals surface area contributed by atoms with Gasteiger partial charge in [0.2, 0.25) is 0 Å². The van der Waals surface area contributed by atoms with Gasteiger partial charge in [-0.1, -0.05) is 6.58 Å². The number of fused-ring (bicyclic) bond motifs is 1. The van der Waals surface area contributed by atoms with Gasteiger partial charge in [0.15, 0.2) is 11.3 Å².